The van der Waals surface area contributed by atoms with Crippen LogP contribution in [0.2, 0.25) is 0 Å². The molecule has 2 heterocycles. The summed E-state index contributed by atoms with van der Waals surface area (Å²) in [6.07, 6.45) is 3.71. The van der Waals surface area contributed by atoms with Gasteiger partial charge >= 0.3 is 0 Å². The zero-order chi connectivity index (χ0) is 15.5. The number of aromatic nitrogens is 1. The fraction of sp³-hybridized carbons (Fsp3) is 0.150. The molecule has 1 aliphatic heterocycles. The number of para-hydroxylation sites is 2. The third-order valence-electron chi connectivity index (χ3n) is 4.30. The lowest BCUT2D eigenvalue weighted by molar-refractivity contribution is 0.749. The lowest BCUT2D eigenvalue weighted by Gasteiger charge is -2.39. The summed E-state index contributed by atoms with van der Waals surface area (Å²) in [6, 6.07) is 23.5. The van der Waals surface area contributed by atoms with Gasteiger partial charge in [0.05, 0.1) is 11.4 Å². The molecule has 0 spiro atoms. The van der Waals surface area contributed by atoms with Gasteiger partial charge in [-0.1, -0.05) is 42.5 Å². The Bertz CT molecular complexity index is 771. The molecule has 0 amide bonds. The highest BCUT2D eigenvalue weighted by atomic mass is 15.3. The summed E-state index contributed by atoms with van der Waals surface area (Å²) in [4.78, 5) is 8.96. The Balaban J connectivity index is 1.67. The van der Waals surface area contributed by atoms with Crippen molar-refractivity contribution in [3.05, 3.63) is 84.7 Å². The van der Waals surface area contributed by atoms with Crippen molar-refractivity contribution in [1.82, 2.24) is 4.98 Å². The minimum Gasteiger partial charge on any atom is -0.364 e. The van der Waals surface area contributed by atoms with E-state index in [2.05, 4.69) is 81.5 Å². The van der Waals surface area contributed by atoms with Crippen molar-refractivity contribution in [1.29, 1.82) is 0 Å². The van der Waals surface area contributed by atoms with Gasteiger partial charge in [-0.15, -0.1) is 0 Å². The van der Waals surface area contributed by atoms with Crippen molar-refractivity contribution in [3.63, 3.8) is 0 Å². The van der Waals surface area contributed by atoms with Crippen LogP contribution in [0.25, 0.3) is 0 Å². The lowest BCUT2D eigenvalue weighted by atomic mass is 10.1. The molecule has 2 aromatic carbocycles. The van der Waals surface area contributed by atoms with Crippen molar-refractivity contribution in [2.75, 3.05) is 22.9 Å². The Morgan fingerprint density at radius 3 is 2.22 bits per heavy atom. The molecule has 0 N–H and O–H groups in total. The Morgan fingerprint density at radius 1 is 0.739 bits per heavy atom. The number of hydrogen-bond donors (Lipinski definition) is 0. The minimum absolute atomic E-state index is 0.946. The van der Waals surface area contributed by atoms with E-state index in [-0.39, 0.29) is 0 Å². The normalized spacial score (nSPS) is 13.7. The van der Waals surface area contributed by atoms with Gasteiger partial charge < -0.3 is 9.80 Å². The van der Waals surface area contributed by atoms with Gasteiger partial charge in [-0.3, -0.25) is 4.98 Å². The summed E-state index contributed by atoms with van der Waals surface area (Å²) in [5.74, 6) is 0. The van der Waals surface area contributed by atoms with Crippen molar-refractivity contribution in [3.8, 4) is 0 Å². The molecule has 0 radical (unpaired) electrons. The van der Waals surface area contributed by atoms with E-state index >= 15 is 0 Å². The summed E-state index contributed by atoms with van der Waals surface area (Å²) in [6.45, 7) is 2.93. The van der Waals surface area contributed by atoms with Crippen LogP contribution >= 0.6 is 0 Å². The first-order valence-electron chi connectivity index (χ1n) is 7.97. The Morgan fingerprint density at radius 2 is 1.43 bits per heavy atom. The Labute approximate surface area is 136 Å². The molecule has 0 unspecified atom stereocenters. The highest BCUT2D eigenvalue weighted by Crippen LogP contribution is 2.37. The van der Waals surface area contributed by atoms with Crippen LogP contribution in [0.1, 0.15) is 5.56 Å². The first-order chi connectivity index (χ1) is 11.4. The molecule has 23 heavy (non-hydrogen) atoms. The standard InChI is InChI=1S/C20H19N3/c1-2-6-17(7-3-1)16-22-14-15-23(18-10-12-21-13-11-18)20-9-5-4-8-19(20)22/h1-13H,14-16H2. The molecular weight excluding hydrogens is 282 g/mol. The summed E-state index contributed by atoms with van der Waals surface area (Å²) in [5, 5.41) is 0. The van der Waals surface area contributed by atoms with E-state index in [1.165, 1.54) is 22.6 Å². The molecule has 114 valence electrons. The minimum atomic E-state index is 0.946. The van der Waals surface area contributed by atoms with Crippen LogP contribution in [-0.2, 0) is 6.54 Å². The number of rotatable bonds is 3. The zero-order valence-corrected chi connectivity index (χ0v) is 13.0. The van der Waals surface area contributed by atoms with E-state index in [0.29, 0.717) is 0 Å². The molecule has 0 aliphatic carbocycles. The smallest absolute Gasteiger partial charge is 0.0649 e. The molecule has 3 nitrogen and oxygen atoms in total. The first-order valence-corrected chi connectivity index (χ1v) is 7.97. The molecule has 3 heteroatoms. The fourth-order valence-electron chi connectivity index (χ4n) is 3.18. The largest absolute Gasteiger partial charge is 0.364 e. The SMILES string of the molecule is c1ccc(CN2CCN(c3ccncc3)c3ccccc32)cc1. The van der Waals surface area contributed by atoms with Gasteiger partial charge in [0.2, 0.25) is 0 Å². The number of fused-ring (bicyclic) bond motifs is 1. The summed E-state index contributed by atoms with van der Waals surface area (Å²) in [7, 11) is 0. The van der Waals surface area contributed by atoms with Crippen molar-refractivity contribution in [2.24, 2.45) is 0 Å². The van der Waals surface area contributed by atoms with Gasteiger partial charge in [-0.25, -0.2) is 0 Å². The molecule has 4 rings (SSSR count). The van der Waals surface area contributed by atoms with Crippen LogP contribution in [0, 0.1) is 0 Å². The second kappa shape index (κ2) is 6.13. The predicted octanol–water partition coefficient (Wildman–Crippen LogP) is 4.24. The van der Waals surface area contributed by atoms with Gasteiger partial charge in [0.15, 0.2) is 0 Å². The quantitative estimate of drug-likeness (QED) is 0.721. The number of hydrogen-bond acceptors (Lipinski definition) is 3. The van der Waals surface area contributed by atoms with Crippen molar-refractivity contribution in [2.45, 2.75) is 6.54 Å². The third-order valence-corrected chi connectivity index (χ3v) is 4.30. The number of nitrogens with zero attached hydrogens (tertiary/aromatic N) is 3. The molecular formula is C20H19N3. The second-order valence-corrected chi connectivity index (χ2v) is 5.75. The molecule has 3 aromatic rings. The average Bonchev–Trinajstić information content (AvgIpc) is 2.64. The maximum atomic E-state index is 4.13. The lowest BCUT2D eigenvalue weighted by Crippen LogP contribution is -2.38. The van der Waals surface area contributed by atoms with E-state index in [4.69, 9.17) is 0 Å². The summed E-state index contributed by atoms with van der Waals surface area (Å²) in [5.41, 5.74) is 5.10. The average molecular weight is 301 g/mol. The number of benzene rings is 2. The Kier molecular flexibility index (Phi) is 3.68. The topological polar surface area (TPSA) is 19.4 Å². The number of anilines is 3. The zero-order valence-electron chi connectivity index (χ0n) is 13.0. The molecule has 1 aliphatic rings. The predicted molar refractivity (Wildman–Crippen MR) is 95.2 cm³/mol. The molecule has 0 atom stereocenters. The van der Waals surface area contributed by atoms with Gasteiger partial charge in [0.1, 0.15) is 0 Å². The molecule has 0 saturated heterocycles. The monoisotopic (exact) mass is 301 g/mol. The fourth-order valence-corrected chi connectivity index (χ4v) is 3.18. The third kappa shape index (κ3) is 2.78. The van der Waals surface area contributed by atoms with Crippen LogP contribution in [-0.4, -0.2) is 18.1 Å². The van der Waals surface area contributed by atoms with Crippen LogP contribution in [0.15, 0.2) is 79.1 Å². The van der Waals surface area contributed by atoms with E-state index in [9.17, 15) is 0 Å². The van der Waals surface area contributed by atoms with E-state index < -0.39 is 0 Å². The van der Waals surface area contributed by atoms with Gasteiger partial charge in [0.25, 0.3) is 0 Å². The van der Waals surface area contributed by atoms with Gasteiger partial charge in [-0.05, 0) is 29.8 Å². The van der Waals surface area contributed by atoms with Crippen molar-refractivity contribution < 1.29 is 0 Å². The second-order valence-electron chi connectivity index (χ2n) is 5.75. The van der Waals surface area contributed by atoms with E-state index in [0.717, 1.165) is 19.6 Å². The van der Waals surface area contributed by atoms with Gasteiger partial charge in [0, 0.05) is 37.7 Å². The molecule has 0 fully saturated rings. The summed E-state index contributed by atoms with van der Waals surface area (Å²) < 4.78 is 0. The summed E-state index contributed by atoms with van der Waals surface area (Å²) >= 11 is 0. The first kappa shape index (κ1) is 13.8. The highest BCUT2D eigenvalue weighted by molar-refractivity contribution is 5.79. The molecule has 1 aromatic heterocycles. The van der Waals surface area contributed by atoms with Crippen LogP contribution in [0.5, 0.6) is 0 Å². The maximum Gasteiger partial charge on any atom is 0.0649 e. The van der Waals surface area contributed by atoms with Crippen molar-refractivity contribution >= 4 is 17.1 Å². The highest BCUT2D eigenvalue weighted by Gasteiger charge is 2.23. The molecule has 0 saturated carbocycles. The van der Waals surface area contributed by atoms with Crippen LogP contribution < -0.4 is 9.80 Å². The Hall–Kier alpha value is -2.81. The van der Waals surface area contributed by atoms with Crippen LogP contribution in [0.3, 0.4) is 0 Å². The van der Waals surface area contributed by atoms with E-state index in [1.54, 1.807) is 0 Å². The maximum absolute atomic E-state index is 4.13. The van der Waals surface area contributed by atoms with Crippen LogP contribution in [0.4, 0.5) is 17.1 Å². The number of pyridine rings is 1. The molecule has 0 bridgehead atoms. The van der Waals surface area contributed by atoms with E-state index in [1.807, 2.05) is 12.4 Å². The van der Waals surface area contributed by atoms with Gasteiger partial charge in [-0.2, -0.15) is 0 Å².